The molecule has 1 unspecified atom stereocenters. The van der Waals surface area contributed by atoms with Gasteiger partial charge >= 0.3 is 0 Å². The highest BCUT2D eigenvalue weighted by molar-refractivity contribution is 7.88. The Kier molecular flexibility index (Phi) is 4.71. The van der Waals surface area contributed by atoms with Crippen LogP contribution in [0.4, 0.5) is 4.39 Å². The van der Waals surface area contributed by atoms with Crippen LogP contribution in [0.5, 0.6) is 0 Å². The van der Waals surface area contributed by atoms with Gasteiger partial charge in [0.1, 0.15) is 11.4 Å². The van der Waals surface area contributed by atoms with E-state index in [1.807, 2.05) is 18.2 Å². The van der Waals surface area contributed by atoms with E-state index in [2.05, 4.69) is 4.72 Å². The van der Waals surface area contributed by atoms with E-state index in [9.17, 15) is 17.9 Å². The standard InChI is InChI=1S/C18H20FNO3S/c19-17-8-4-5-14(11-17)12-24(22,23)20-13-18(21,16-9-10-16)15-6-2-1-3-7-15/h1-8,11,16,20-21H,9-10,12-13H2. The van der Waals surface area contributed by atoms with Crippen molar-refractivity contribution < 1.29 is 17.9 Å². The van der Waals surface area contributed by atoms with Crippen molar-refractivity contribution in [3.05, 3.63) is 71.5 Å². The van der Waals surface area contributed by atoms with Gasteiger partial charge in [0.2, 0.25) is 10.0 Å². The van der Waals surface area contributed by atoms with Crippen LogP contribution in [-0.2, 0) is 21.4 Å². The molecule has 3 rings (SSSR count). The van der Waals surface area contributed by atoms with Crippen molar-refractivity contribution in [1.29, 1.82) is 0 Å². The summed E-state index contributed by atoms with van der Waals surface area (Å²) in [6, 6.07) is 14.6. The summed E-state index contributed by atoms with van der Waals surface area (Å²) in [4.78, 5) is 0. The fourth-order valence-corrected chi connectivity index (χ4v) is 4.05. The van der Waals surface area contributed by atoms with E-state index in [0.29, 0.717) is 11.1 Å². The summed E-state index contributed by atoms with van der Waals surface area (Å²) in [7, 11) is -3.67. The van der Waals surface area contributed by atoms with E-state index in [1.165, 1.54) is 18.2 Å². The van der Waals surface area contributed by atoms with Crippen LogP contribution < -0.4 is 4.72 Å². The van der Waals surface area contributed by atoms with Crippen molar-refractivity contribution in [2.45, 2.75) is 24.2 Å². The van der Waals surface area contributed by atoms with Gasteiger partial charge in [0.25, 0.3) is 0 Å². The van der Waals surface area contributed by atoms with Gasteiger partial charge in [0.15, 0.2) is 0 Å². The van der Waals surface area contributed by atoms with Crippen molar-refractivity contribution in [3.63, 3.8) is 0 Å². The SMILES string of the molecule is O=S(=O)(Cc1cccc(F)c1)NCC(O)(c1ccccc1)C1CC1. The molecule has 0 saturated heterocycles. The molecule has 1 atom stereocenters. The minimum absolute atomic E-state index is 0.0526. The first-order valence-corrected chi connectivity index (χ1v) is 9.54. The van der Waals surface area contributed by atoms with Crippen molar-refractivity contribution >= 4 is 10.0 Å². The van der Waals surface area contributed by atoms with Crippen LogP contribution in [0, 0.1) is 11.7 Å². The van der Waals surface area contributed by atoms with Crippen LogP contribution >= 0.6 is 0 Å². The van der Waals surface area contributed by atoms with Crippen LogP contribution in [0.25, 0.3) is 0 Å². The normalized spacial score (nSPS) is 17.4. The molecule has 0 spiro atoms. The Morgan fingerprint density at radius 1 is 1.12 bits per heavy atom. The van der Waals surface area contributed by atoms with Gasteiger partial charge in [-0.1, -0.05) is 42.5 Å². The van der Waals surface area contributed by atoms with Crippen LogP contribution in [0.2, 0.25) is 0 Å². The van der Waals surface area contributed by atoms with Crippen LogP contribution in [0.1, 0.15) is 24.0 Å². The fraction of sp³-hybridized carbons (Fsp3) is 0.333. The van der Waals surface area contributed by atoms with Crippen LogP contribution in [-0.4, -0.2) is 20.1 Å². The van der Waals surface area contributed by atoms with Crippen molar-refractivity contribution in [3.8, 4) is 0 Å². The number of hydrogen-bond acceptors (Lipinski definition) is 3. The molecule has 0 radical (unpaired) electrons. The lowest BCUT2D eigenvalue weighted by Gasteiger charge is -2.29. The Morgan fingerprint density at radius 3 is 2.46 bits per heavy atom. The molecule has 24 heavy (non-hydrogen) atoms. The number of benzene rings is 2. The average molecular weight is 349 g/mol. The van der Waals surface area contributed by atoms with Gasteiger partial charge in [-0.15, -0.1) is 0 Å². The number of nitrogens with one attached hydrogen (secondary N) is 1. The molecule has 2 N–H and O–H groups in total. The summed E-state index contributed by atoms with van der Waals surface area (Å²) >= 11 is 0. The van der Waals surface area contributed by atoms with Gasteiger partial charge in [0, 0.05) is 6.54 Å². The summed E-state index contributed by atoms with van der Waals surface area (Å²) in [6.07, 6.45) is 1.74. The summed E-state index contributed by atoms with van der Waals surface area (Å²) in [5.74, 6) is -0.737. The number of rotatable bonds is 7. The first-order chi connectivity index (χ1) is 11.4. The third-order valence-electron chi connectivity index (χ3n) is 4.33. The Balaban J connectivity index is 1.72. The molecule has 0 bridgehead atoms. The lowest BCUT2D eigenvalue weighted by molar-refractivity contribution is 0.0185. The highest BCUT2D eigenvalue weighted by Crippen LogP contribution is 2.45. The largest absolute Gasteiger partial charge is 0.383 e. The molecular formula is C18H20FNO3S. The minimum Gasteiger partial charge on any atom is -0.383 e. The summed E-state index contributed by atoms with van der Waals surface area (Å²) in [6.45, 7) is -0.0840. The zero-order valence-corrected chi connectivity index (χ0v) is 14.0. The summed E-state index contributed by atoms with van der Waals surface area (Å²) in [5.41, 5.74) is -0.130. The molecule has 1 aliphatic carbocycles. The molecule has 0 amide bonds. The molecule has 2 aromatic rings. The molecule has 4 nitrogen and oxygen atoms in total. The summed E-state index contributed by atoms with van der Waals surface area (Å²) < 4.78 is 40.3. The van der Waals surface area contributed by atoms with Crippen molar-refractivity contribution in [1.82, 2.24) is 4.72 Å². The second-order valence-corrected chi connectivity index (χ2v) is 8.08. The monoisotopic (exact) mass is 349 g/mol. The first-order valence-electron chi connectivity index (χ1n) is 7.89. The van der Waals surface area contributed by atoms with E-state index in [4.69, 9.17) is 0 Å². The molecule has 0 aromatic heterocycles. The van der Waals surface area contributed by atoms with Crippen molar-refractivity contribution in [2.75, 3.05) is 6.54 Å². The van der Waals surface area contributed by atoms with Crippen LogP contribution in [0.3, 0.4) is 0 Å². The summed E-state index contributed by atoms with van der Waals surface area (Å²) in [5, 5.41) is 11.0. The number of halogens is 1. The predicted molar refractivity (Wildman–Crippen MR) is 90.1 cm³/mol. The van der Waals surface area contributed by atoms with E-state index in [-0.39, 0.29) is 18.2 Å². The van der Waals surface area contributed by atoms with Gasteiger partial charge in [-0.2, -0.15) is 0 Å². The van der Waals surface area contributed by atoms with E-state index >= 15 is 0 Å². The minimum atomic E-state index is -3.67. The molecule has 2 aromatic carbocycles. The Hall–Kier alpha value is -1.76. The van der Waals surface area contributed by atoms with Gasteiger partial charge < -0.3 is 5.11 Å². The van der Waals surface area contributed by atoms with Crippen LogP contribution in [0.15, 0.2) is 54.6 Å². The maximum Gasteiger partial charge on any atom is 0.215 e. The average Bonchev–Trinajstić information content (AvgIpc) is 3.38. The zero-order valence-electron chi connectivity index (χ0n) is 13.2. The van der Waals surface area contributed by atoms with Gasteiger partial charge in [0.05, 0.1) is 5.75 Å². The van der Waals surface area contributed by atoms with E-state index < -0.39 is 21.4 Å². The van der Waals surface area contributed by atoms with E-state index in [0.717, 1.165) is 12.8 Å². The number of aliphatic hydroxyl groups is 1. The Labute approximate surface area is 141 Å². The third-order valence-corrected chi connectivity index (χ3v) is 5.63. The molecule has 128 valence electrons. The Bertz CT molecular complexity index is 806. The van der Waals surface area contributed by atoms with Gasteiger partial charge in [-0.05, 0) is 42.0 Å². The lowest BCUT2D eigenvalue weighted by atomic mass is 9.89. The molecule has 1 fully saturated rings. The smallest absolute Gasteiger partial charge is 0.215 e. The molecule has 1 saturated carbocycles. The van der Waals surface area contributed by atoms with Gasteiger partial charge in [-0.3, -0.25) is 0 Å². The lowest BCUT2D eigenvalue weighted by Crippen LogP contribution is -2.42. The maximum atomic E-state index is 13.2. The zero-order chi connectivity index (χ0) is 17.2. The first kappa shape index (κ1) is 17.1. The third kappa shape index (κ3) is 4.01. The van der Waals surface area contributed by atoms with Crippen molar-refractivity contribution in [2.24, 2.45) is 5.92 Å². The second kappa shape index (κ2) is 6.63. The quantitative estimate of drug-likeness (QED) is 0.807. The van der Waals surface area contributed by atoms with E-state index in [1.54, 1.807) is 18.2 Å². The number of sulfonamides is 1. The number of hydrogen-bond donors (Lipinski definition) is 2. The molecule has 6 heteroatoms. The molecule has 1 aliphatic rings. The Morgan fingerprint density at radius 2 is 1.83 bits per heavy atom. The highest BCUT2D eigenvalue weighted by Gasteiger charge is 2.45. The maximum absolute atomic E-state index is 13.2. The highest BCUT2D eigenvalue weighted by atomic mass is 32.2. The second-order valence-electron chi connectivity index (χ2n) is 6.27. The molecular weight excluding hydrogens is 329 g/mol. The van der Waals surface area contributed by atoms with Gasteiger partial charge in [-0.25, -0.2) is 17.5 Å². The predicted octanol–water partition coefficient (Wildman–Crippen LogP) is 2.54. The molecule has 0 heterocycles. The molecule has 0 aliphatic heterocycles. The topological polar surface area (TPSA) is 66.4 Å². The fourth-order valence-electron chi connectivity index (χ4n) is 2.89.